The Kier molecular flexibility index (Phi) is 3.89. The summed E-state index contributed by atoms with van der Waals surface area (Å²) in [5.74, 6) is -0.651. The normalized spacial score (nSPS) is 26.3. The molecular formula is C11H20F3NO2Si. The van der Waals surface area contributed by atoms with Crippen LogP contribution in [0.25, 0.3) is 0 Å². The highest BCUT2D eigenvalue weighted by molar-refractivity contribution is 6.74. The molecule has 1 heterocycles. The molecule has 1 aliphatic heterocycles. The summed E-state index contributed by atoms with van der Waals surface area (Å²) < 4.78 is 43.3. The van der Waals surface area contributed by atoms with Crippen LogP contribution >= 0.6 is 0 Å². The third-order valence-corrected chi connectivity index (χ3v) is 8.18. The number of hydrogen-bond acceptors (Lipinski definition) is 2. The molecule has 1 rings (SSSR count). The van der Waals surface area contributed by atoms with E-state index in [1.54, 1.807) is 0 Å². The van der Waals surface area contributed by atoms with Crippen LogP contribution in [0, 0.1) is 0 Å². The zero-order valence-corrected chi connectivity index (χ0v) is 12.3. The quantitative estimate of drug-likeness (QED) is 0.791. The molecule has 0 saturated carbocycles. The highest BCUT2D eigenvalue weighted by atomic mass is 28.4. The minimum Gasteiger partial charge on any atom is -0.405 e. The smallest absolute Gasteiger partial charge is 0.405 e. The van der Waals surface area contributed by atoms with E-state index in [-0.39, 0.29) is 11.5 Å². The fourth-order valence-electron chi connectivity index (χ4n) is 1.49. The molecule has 3 nitrogen and oxygen atoms in total. The second-order valence-electron chi connectivity index (χ2n) is 6.21. The minimum absolute atomic E-state index is 0.135. The van der Waals surface area contributed by atoms with E-state index in [2.05, 4.69) is 0 Å². The van der Waals surface area contributed by atoms with Crippen LogP contribution in [-0.4, -0.2) is 32.5 Å². The second kappa shape index (κ2) is 4.52. The van der Waals surface area contributed by atoms with Crippen LogP contribution in [-0.2, 0) is 9.22 Å². The van der Waals surface area contributed by atoms with Crippen molar-refractivity contribution in [3.8, 4) is 0 Å². The first-order valence-electron chi connectivity index (χ1n) is 5.89. The predicted molar refractivity (Wildman–Crippen MR) is 64.7 cm³/mol. The van der Waals surface area contributed by atoms with Crippen LogP contribution in [0.1, 0.15) is 27.2 Å². The number of alkyl halides is 3. The standard InChI is InChI=1S/C11H20F3NO2Si/c1-10(2,3)18(4,5)17-7-6-8(11(12,13)14)15-9(7)16/h7-8H,6H2,1-5H3,(H,15,16)/t7-,8+/m1/s1. The first-order chi connectivity index (χ1) is 7.84. The first kappa shape index (κ1) is 15.5. The lowest BCUT2D eigenvalue weighted by molar-refractivity contribution is -0.155. The van der Waals surface area contributed by atoms with Gasteiger partial charge >= 0.3 is 6.18 Å². The molecule has 0 bridgehead atoms. The van der Waals surface area contributed by atoms with Gasteiger partial charge in [0.25, 0.3) is 0 Å². The first-order valence-corrected chi connectivity index (χ1v) is 8.80. The molecule has 0 spiro atoms. The van der Waals surface area contributed by atoms with Crippen molar-refractivity contribution >= 4 is 14.2 Å². The Morgan fingerprint density at radius 2 is 1.78 bits per heavy atom. The summed E-state index contributed by atoms with van der Waals surface area (Å²) in [5, 5.41) is 1.82. The Morgan fingerprint density at radius 3 is 2.11 bits per heavy atom. The van der Waals surface area contributed by atoms with Crippen LogP contribution < -0.4 is 5.32 Å². The third kappa shape index (κ3) is 3.26. The summed E-state index contributed by atoms with van der Waals surface area (Å²) in [6.07, 6.45) is -5.70. The third-order valence-electron chi connectivity index (χ3n) is 3.70. The highest BCUT2D eigenvalue weighted by Crippen LogP contribution is 2.39. The van der Waals surface area contributed by atoms with Crippen molar-refractivity contribution in [2.75, 3.05) is 0 Å². The lowest BCUT2D eigenvalue weighted by Gasteiger charge is -2.37. The van der Waals surface area contributed by atoms with Gasteiger partial charge in [0.1, 0.15) is 12.1 Å². The maximum Gasteiger partial charge on any atom is 0.408 e. The molecule has 1 N–H and O–H groups in total. The van der Waals surface area contributed by atoms with E-state index in [1.165, 1.54) is 0 Å². The largest absolute Gasteiger partial charge is 0.408 e. The lowest BCUT2D eigenvalue weighted by Crippen LogP contribution is -2.45. The molecule has 0 aromatic rings. The molecule has 0 unspecified atom stereocenters. The van der Waals surface area contributed by atoms with Gasteiger partial charge < -0.3 is 9.74 Å². The molecular weight excluding hydrogens is 263 g/mol. The Morgan fingerprint density at radius 1 is 1.28 bits per heavy atom. The van der Waals surface area contributed by atoms with E-state index >= 15 is 0 Å². The molecule has 1 aliphatic rings. The molecule has 1 saturated heterocycles. The van der Waals surface area contributed by atoms with Gasteiger partial charge in [0.15, 0.2) is 8.32 Å². The van der Waals surface area contributed by atoms with E-state index in [4.69, 9.17) is 4.43 Å². The zero-order valence-electron chi connectivity index (χ0n) is 11.3. The monoisotopic (exact) mass is 283 g/mol. The highest BCUT2D eigenvalue weighted by Gasteiger charge is 2.50. The van der Waals surface area contributed by atoms with Crippen LogP contribution in [0.4, 0.5) is 13.2 Å². The predicted octanol–water partition coefficient (Wildman–Crippen LogP) is 2.83. The number of hydrogen-bond donors (Lipinski definition) is 1. The van der Waals surface area contributed by atoms with Gasteiger partial charge in [-0.25, -0.2) is 0 Å². The van der Waals surface area contributed by atoms with Crippen molar-refractivity contribution in [3.05, 3.63) is 0 Å². The van der Waals surface area contributed by atoms with Crippen LogP contribution in [0.2, 0.25) is 18.1 Å². The zero-order chi connectivity index (χ0) is 14.4. The van der Waals surface area contributed by atoms with E-state index in [1.807, 2.05) is 39.2 Å². The van der Waals surface area contributed by atoms with Gasteiger partial charge in [0, 0.05) is 6.42 Å². The number of rotatable bonds is 2. The molecule has 0 aromatic heterocycles. The number of halogens is 3. The Hall–Kier alpha value is -0.563. The Labute approximate surface area is 106 Å². The molecule has 1 amide bonds. The van der Waals surface area contributed by atoms with Crippen molar-refractivity contribution in [2.24, 2.45) is 0 Å². The van der Waals surface area contributed by atoms with E-state index in [0.717, 1.165) is 0 Å². The molecule has 2 atom stereocenters. The van der Waals surface area contributed by atoms with E-state index < -0.39 is 32.5 Å². The number of carbonyl (C=O) groups is 1. The SMILES string of the molecule is CC(C)(C)[Si](C)(C)O[C@@H]1C[C@@H](C(F)(F)F)NC1=O. The van der Waals surface area contributed by atoms with Crippen molar-refractivity contribution in [3.63, 3.8) is 0 Å². The second-order valence-corrected chi connectivity index (χ2v) is 11.0. The average molecular weight is 283 g/mol. The molecule has 0 aliphatic carbocycles. The van der Waals surface area contributed by atoms with Crippen LogP contribution in [0.5, 0.6) is 0 Å². The van der Waals surface area contributed by atoms with Crippen LogP contribution in [0.3, 0.4) is 0 Å². The van der Waals surface area contributed by atoms with Gasteiger partial charge in [0.05, 0.1) is 0 Å². The van der Waals surface area contributed by atoms with Gasteiger partial charge in [-0.1, -0.05) is 20.8 Å². The molecule has 18 heavy (non-hydrogen) atoms. The fraction of sp³-hybridized carbons (Fsp3) is 0.909. The van der Waals surface area contributed by atoms with Gasteiger partial charge in [-0.3, -0.25) is 4.79 Å². The Balaban J connectivity index is 2.74. The maximum absolute atomic E-state index is 12.5. The molecule has 1 fully saturated rings. The molecule has 106 valence electrons. The van der Waals surface area contributed by atoms with E-state index in [9.17, 15) is 18.0 Å². The fourth-order valence-corrected chi connectivity index (χ4v) is 2.76. The van der Waals surface area contributed by atoms with Crippen molar-refractivity contribution in [1.82, 2.24) is 5.32 Å². The molecule has 0 radical (unpaired) electrons. The van der Waals surface area contributed by atoms with Gasteiger partial charge in [0.2, 0.25) is 5.91 Å². The summed E-state index contributed by atoms with van der Waals surface area (Å²) >= 11 is 0. The number of carbonyl (C=O) groups excluding carboxylic acids is 1. The topological polar surface area (TPSA) is 38.3 Å². The Bertz CT molecular complexity index is 336. The summed E-state index contributed by atoms with van der Waals surface area (Å²) in [7, 11) is -2.23. The average Bonchev–Trinajstić information content (AvgIpc) is 2.44. The molecule has 0 aromatic carbocycles. The summed E-state index contributed by atoms with van der Waals surface area (Å²) in [6, 6.07) is -1.78. The van der Waals surface area contributed by atoms with Gasteiger partial charge in [-0.05, 0) is 18.1 Å². The van der Waals surface area contributed by atoms with Crippen molar-refractivity contribution in [2.45, 2.75) is 63.6 Å². The lowest BCUT2D eigenvalue weighted by atomic mass is 10.2. The van der Waals surface area contributed by atoms with Crippen molar-refractivity contribution in [1.29, 1.82) is 0 Å². The van der Waals surface area contributed by atoms with Crippen LogP contribution in [0.15, 0.2) is 0 Å². The van der Waals surface area contributed by atoms with Gasteiger partial charge in [-0.2, -0.15) is 13.2 Å². The molecule has 7 heteroatoms. The number of nitrogens with one attached hydrogen (secondary N) is 1. The summed E-state index contributed by atoms with van der Waals surface area (Å²) in [5.41, 5.74) is 0. The van der Waals surface area contributed by atoms with Gasteiger partial charge in [-0.15, -0.1) is 0 Å². The minimum atomic E-state index is -4.40. The summed E-state index contributed by atoms with van der Waals surface area (Å²) in [6.45, 7) is 9.77. The van der Waals surface area contributed by atoms with E-state index in [0.29, 0.717) is 0 Å². The number of amides is 1. The van der Waals surface area contributed by atoms with Crippen molar-refractivity contribution < 1.29 is 22.4 Å². The summed E-state index contributed by atoms with van der Waals surface area (Å²) in [4.78, 5) is 11.5. The maximum atomic E-state index is 12.5.